The average molecular weight is 380 g/mol. The van der Waals surface area contributed by atoms with Gasteiger partial charge in [0.1, 0.15) is 5.82 Å². The quantitative estimate of drug-likeness (QED) is 0.741. The molecule has 6 heteroatoms. The van der Waals surface area contributed by atoms with Gasteiger partial charge in [-0.15, -0.1) is 0 Å². The SMILES string of the molecule is CCC(Cn1ccnc1-c1cc2cccc(C)c2[nH]c1=O)N1CCN(C)CC1. The Morgan fingerprint density at radius 3 is 2.75 bits per heavy atom. The number of aromatic nitrogens is 3. The third-order valence-corrected chi connectivity index (χ3v) is 5.98. The predicted octanol–water partition coefficient (Wildman–Crippen LogP) is 2.73. The van der Waals surface area contributed by atoms with E-state index >= 15 is 0 Å². The van der Waals surface area contributed by atoms with E-state index in [-0.39, 0.29) is 5.56 Å². The fourth-order valence-electron chi connectivity index (χ4n) is 4.17. The molecule has 0 radical (unpaired) electrons. The molecule has 28 heavy (non-hydrogen) atoms. The van der Waals surface area contributed by atoms with Gasteiger partial charge in [-0.2, -0.15) is 0 Å². The largest absolute Gasteiger partial charge is 0.329 e. The van der Waals surface area contributed by atoms with Crippen molar-refractivity contribution in [3.63, 3.8) is 0 Å². The van der Waals surface area contributed by atoms with Gasteiger partial charge in [0.2, 0.25) is 0 Å². The minimum atomic E-state index is -0.0816. The van der Waals surface area contributed by atoms with Crippen LogP contribution >= 0.6 is 0 Å². The lowest BCUT2D eigenvalue weighted by Gasteiger charge is -2.38. The maximum absolute atomic E-state index is 12.8. The van der Waals surface area contributed by atoms with E-state index in [9.17, 15) is 4.79 Å². The van der Waals surface area contributed by atoms with Crippen molar-refractivity contribution in [2.24, 2.45) is 0 Å². The lowest BCUT2D eigenvalue weighted by molar-refractivity contribution is 0.100. The maximum Gasteiger partial charge on any atom is 0.259 e. The summed E-state index contributed by atoms with van der Waals surface area (Å²) in [6, 6.07) is 8.49. The van der Waals surface area contributed by atoms with Crippen molar-refractivity contribution >= 4 is 10.9 Å². The Morgan fingerprint density at radius 1 is 1.21 bits per heavy atom. The number of fused-ring (bicyclic) bond motifs is 1. The molecule has 1 saturated heterocycles. The molecule has 0 bridgehead atoms. The molecule has 1 aliphatic rings. The van der Waals surface area contributed by atoms with Gasteiger partial charge < -0.3 is 14.5 Å². The number of aryl methyl sites for hydroxylation is 1. The molecule has 6 nitrogen and oxygen atoms in total. The normalized spacial score (nSPS) is 17.2. The number of pyridine rings is 1. The van der Waals surface area contributed by atoms with E-state index in [0.29, 0.717) is 11.6 Å². The number of nitrogens with zero attached hydrogens (tertiary/aromatic N) is 4. The molecule has 1 aliphatic heterocycles. The van der Waals surface area contributed by atoms with Crippen molar-refractivity contribution in [1.29, 1.82) is 0 Å². The van der Waals surface area contributed by atoms with Crippen LogP contribution < -0.4 is 5.56 Å². The molecule has 148 valence electrons. The second-order valence-corrected chi connectivity index (χ2v) is 7.86. The van der Waals surface area contributed by atoms with Gasteiger partial charge in [-0.3, -0.25) is 9.69 Å². The van der Waals surface area contributed by atoms with Crippen molar-refractivity contribution in [3.05, 3.63) is 52.6 Å². The standard InChI is InChI=1S/C22H29N5O/c1-4-18(26-12-10-25(3)11-13-26)15-27-9-8-23-21(27)19-14-17-7-5-6-16(2)20(17)24-22(19)28/h5-9,14,18H,4,10-13,15H2,1-3H3,(H,24,28). The molecule has 3 heterocycles. The summed E-state index contributed by atoms with van der Waals surface area (Å²) in [5.41, 5.74) is 2.53. The Balaban J connectivity index is 1.65. The lowest BCUT2D eigenvalue weighted by Crippen LogP contribution is -2.50. The molecular formula is C22H29N5O. The molecule has 4 rings (SSSR count). The summed E-state index contributed by atoms with van der Waals surface area (Å²) in [4.78, 5) is 25.3. The highest BCUT2D eigenvalue weighted by atomic mass is 16.1. The highest BCUT2D eigenvalue weighted by Crippen LogP contribution is 2.21. The molecule has 3 aromatic rings. The van der Waals surface area contributed by atoms with E-state index < -0.39 is 0 Å². The number of H-pyrrole nitrogens is 1. The summed E-state index contributed by atoms with van der Waals surface area (Å²) in [6.45, 7) is 9.50. The zero-order valence-corrected chi connectivity index (χ0v) is 17.0. The molecule has 0 amide bonds. The number of aromatic amines is 1. The van der Waals surface area contributed by atoms with Crippen LogP contribution in [0, 0.1) is 6.92 Å². The van der Waals surface area contributed by atoms with Crippen LogP contribution in [-0.4, -0.2) is 63.6 Å². The van der Waals surface area contributed by atoms with E-state index in [1.165, 1.54) is 0 Å². The Labute approximate surface area is 165 Å². The van der Waals surface area contributed by atoms with Crippen molar-refractivity contribution in [3.8, 4) is 11.4 Å². The van der Waals surface area contributed by atoms with Crippen LogP contribution in [0.4, 0.5) is 0 Å². The van der Waals surface area contributed by atoms with E-state index in [4.69, 9.17) is 0 Å². The minimum absolute atomic E-state index is 0.0816. The third-order valence-electron chi connectivity index (χ3n) is 5.98. The lowest BCUT2D eigenvalue weighted by atomic mass is 10.1. The van der Waals surface area contributed by atoms with Gasteiger partial charge in [0.25, 0.3) is 5.56 Å². The van der Waals surface area contributed by atoms with Gasteiger partial charge in [-0.1, -0.05) is 25.1 Å². The molecule has 1 atom stereocenters. The molecule has 1 fully saturated rings. The molecule has 2 aromatic heterocycles. The van der Waals surface area contributed by atoms with Crippen LogP contribution in [0.25, 0.3) is 22.3 Å². The fraction of sp³-hybridized carbons (Fsp3) is 0.455. The molecule has 1 N–H and O–H groups in total. The summed E-state index contributed by atoms with van der Waals surface area (Å²) >= 11 is 0. The molecular weight excluding hydrogens is 350 g/mol. The monoisotopic (exact) mass is 379 g/mol. The highest BCUT2D eigenvalue weighted by Gasteiger charge is 2.23. The topological polar surface area (TPSA) is 57.2 Å². The molecule has 0 spiro atoms. The van der Waals surface area contributed by atoms with E-state index in [1.54, 1.807) is 6.20 Å². The molecule has 0 saturated carbocycles. The van der Waals surface area contributed by atoms with Crippen molar-refractivity contribution in [1.82, 2.24) is 24.3 Å². The number of hydrogen-bond acceptors (Lipinski definition) is 4. The number of benzene rings is 1. The van der Waals surface area contributed by atoms with Crippen molar-refractivity contribution in [2.75, 3.05) is 33.2 Å². The third kappa shape index (κ3) is 3.62. The Morgan fingerprint density at radius 2 is 2.00 bits per heavy atom. The summed E-state index contributed by atoms with van der Waals surface area (Å²) in [5, 5.41) is 1.04. The number of rotatable bonds is 5. The van der Waals surface area contributed by atoms with Gasteiger partial charge in [0, 0.05) is 51.2 Å². The van der Waals surface area contributed by atoms with Gasteiger partial charge in [0.15, 0.2) is 0 Å². The first-order chi connectivity index (χ1) is 13.6. The second-order valence-electron chi connectivity index (χ2n) is 7.86. The van der Waals surface area contributed by atoms with Gasteiger partial charge in [-0.25, -0.2) is 4.98 Å². The first kappa shape index (κ1) is 18.9. The average Bonchev–Trinajstić information content (AvgIpc) is 3.15. The van der Waals surface area contributed by atoms with Gasteiger partial charge in [0.05, 0.1) is 11.1 Å². The molecule has 1 unspecified atom stereocenters. The maximum atomic E-state index is 12.8. The number of para-hydroxylation sites is 1. The number of likely N-dealkylation sites (N-methyl/N-ethyl adjacent to an activating group) is 1. The smallest absolute Gasteiger partial charge is 0.259 e. The summed E-state index contributed by atoms with van der Waals surface area (Å²) in [6.07, 6.45) is 4.87. The van der Waals surface area contributed by atoms with Gasteiger partial charge in [-0.05, 0) is 37.4 Å². The van der Waals surface area contributed by atoms with Crippen LogP contribution in [-0.2, 0) is 6.54 Å². The van der Waals surface area contributed by atoms with Crippen molar-refractivity contribution < 1.29 is 0 Å². The number of nitrogens with one attached hydrogen (secondary N) is 1. The van der Waals surface area contributed by atoms with E-state index in [1.807, 2.05) is 37.4 Å². The Bertz CT molecular complexity index is 1010. The summed E-state index contributed by atoms with van der Waals surface area (Å²) < 4.78 is 2.14. The number of hydrogen-bond donors (Lipinski definition) is 1. The second kappa shape index (κ2) is 7.89. The molecule has 0 aliphatic carbocycles. The predicted molar refractivity (Wildman–Crippen MR) is 114 cm³/mol. The van der Waals surface area contributed by atoms with Crippen LogP contribution in [0.2, 0.25) is 0 Å². The van der Waals surface area contributed by atoms with E-state index in [2.05, 4.69) is 38.3 Å². The minimum Gasteiger partial charge on any atom is -0.329 e. The van der Waals surface area contributed by atoms with Crippen LogP contribution in [0.5, 0.6) is 0 Å². The molecule has 1 aromatic carbocycles. The first-order valence-electron chi connectivity index (χ1n) is 10.1. The zero-order valence-electron chi connectivity index (χ0n) is 17.0. The Hall–Kier alpha value is -2.44. The van der Waals surface area contributed by atoms with Crippen LogP contribution in [0.3, 0.4) is 0 Å². The summed E-state index contributed by atoms with van der Waals surface area (Å²) in [7, 11) is 2.18. The first-order valence-corrected chi connectivity index (χ1v) is 10.1. The Kier molecular flexibility index (Phi) is 5.33. The summed E-state index contributed by atoms with van der Waals surface area (Å²) in [5.74, 6) is 0.747. The zero-order chi connectivity index (χ0) is 19.7. The number of imidazole rings is 1. The van der Waals surface area contributed by atoms with Crippen LogP contribution in [0.1, 0.15) is 18.9 Å². The van der Waals surface area contributed by atoms with Crippen LogP contribution in [0.15, 0.2) is 41.5 Å². The highest BCUT2D eigenvalue weighted by molar-refractivity contribution is 5.84. The fourth-order valence-corrected chi connectivity index (χ4v) is 4.17. The number of piperazine rings is 1. The van der Waals surface area contributed by atoms with Gasteiger partial charge >= 0.3 is 0 Å². The van der Waals surface area contributed by atoms with Crippen molar-refractivity contribution in [2.45, 2.75) is 32.9 Å². The van der Waals surface area contributed by atoms with E-state index in [0.717, 1.165) is 61.4 Å².